The second-order valence-electron chi connectivity index (χ2n) is 12.0. The van der Waals surface area contributed by atoms with Gasteiger partial charge in [-0.15, -0.1) is 0 Å². The molecular weight excluding hydrogens is 817 g/mol. The van der Waals surface area contributed by atoms with E-state index in [0.717, 1.165) is 6.42 Å². The monoisotopic (exact) mass is 845 g/mol. The molecule has 0 heterocycles. The molecule has 0 saturated carbocycles. The van der Waals surface area contributed by atoms with Gasteiger partial charge >= 0.3 is 143 Å². The molecule has 4 aliphatic rings. The second kappa shape index (κ2) is 15.9. The molecule has 0 radical (unpaired) electrons. The molecule has 5 aromatic rings. The fourth-order valence-electron chi connectivity index (χ4n) is 7.13. The number of rotatable bonds is 2. The van der Waals surface area contributed by atoms with Crippen LogP contribution in [0.15, 0.2) is 149 Å². The van der Waals surface area contributed by atoms with Gasteiger partial charge in [-0.1, -0.05) is 97.1 Å². The average molecular weight is 850 g/mol. The van der Waals surface area contributed by atoms with Gasteiger partial charge in [0.25, 0.3) is 0 Å². The molecule has 0 nitrogen and oxygen atoms in total. The maximum Gasteiger partial charge on any atom is 0.0211 e. The van der Waals surface area contributed by atoms with Crippen molar-refractivity contribution in [1.82, 2.24) is 0 Å². The van der Waals surface area contributed by atoms with Gasteiger partial charge in [-0.2, -0.15) is 0 Å². The Hall–Kier alpha value is -1.75. The number of fused-ring (bicyclic) bond motifs is 7. The zero-order valence-corrected chi connectivity index (χ0v) is 33.8. The van der Waals surface area contributed by atoms with Gasteiger partial charge in [0.15, 0.2) is 0 Å². The summed E-state index contributed by atoms with van der Waals surface area (Å²) in [6, 6.07) is 44.4. The summed E-state index contributed by atoms with van der Waals surface area (Å²) in [7, 11) is 12.0. The molecule has 0 aliphatic heterocycles. The number of hydrogen-bond donors (Lipinski definition) is 0. The number of halogens is 4. The topological polar surface area (TPSA) is 0 Å². The van der Waals surface area contributed by atoms with Crippen molar-refractivity contribution in [2.75, 3.05) is 0 Å². The molecule has 0 N–H and O–H groups in total. The minimum atomic E-state index is -2.65. The summed E-state index contributed by atoms with van der Waals surface area (Å²) in [6.07, 6.45) is 11.7. The van der Waals surface area contributed by atoms with Crippen LogP contribution in [0.5, 0.6) is 0 Å². The minimum Gasteiger partial charge on any atom is -0.0619 e. The summed E-state index contributed by atoms with van der Waals surface area (Å²) < 4.78 is 3.99. The van der Waals surface area contributed by atoms with Gasteiger partial charge in [0.1, 0.15) is 0 Å². The number of benzene rings is 5. The van der Waals surface area contributed by atoms with Crippen LogP contribution in [-0.2, 0) is 42.6 Å². The summed E-state index contributed by atoms with van der Waals surface area (Å²) in [5.41, 5.74) is 14.4. The molecule has 0 aromatic heterocycles. The van der Waals surface area contributed by atoms with E-state index >= 15 is 0 Å². The third-order valence-corrected chi connectivity index (χ3v) is 17.0. The largest absolute Gasteiger partial charge is 0.0619 e. The molecule has 9 rings (SSSR count). The fourth-order valence-corrected chi connectivity index (χ4v) is 11.8. The molecule has 0 spiro atoms. The fraction of sp³-hybridized carbons (Fsp3) is 0.122. The first-order chi connectivity index (χ1) is 21.9. The summed E-state index contributed by atoms with van der Waals surface area (Å²) >= 11 is -1.06. The van der Waals surface area contributed by atoms with Crippen LogP contribution in [0.2, 0.25) is 4.63 Å². The van der Waals surface area contributed by atoms with Crippen molar-refractivity contribution < 1.29 is 67.4 Å². The molecule has 0 fully saturated rings. The zero-order valence-electron chi connectivity index (χ0n) is 25.9. The van der Waals surface area contributed by atoms with Gasteiger partial charge in [-0.25, -0.2) is 0 Å². The van der Waals surface area contributed by atoms with E-state index in [1.807, 2.05) is 10.7 Å². The molecule has 0 bridgehead atoms. The van der Waals surface area contributed by atoms with Crippen molar-refractivity contribution in [2.24, 2.45) is 0 Å². The third kappa shape index (κ3) is 7.41. The quantitative estimate of drug-likeness (QED) is 0.197. The molecule has 1 atom stereocenters. The first-order valence-corrected chi connectivity index (χ1v) is 26.9. The average Bonchev–Trinajstić information content (AvgIpc) is 3.86. The standard InChI is InChI=1S/C26H18.C9H7.C5H5.CH3.4ClH.2Zr/c1-5-13-21-17(9-1)18-10-2-6-14-22(18)25(21)26-23-15-7-3-11-19(23)20-12-4-8-16-24(20)26;1-2-5-9-7-3-6-8(9)4-1;1-2-4-5-3-1;;;;;;;/h1-16,25-26H;1-7H;1-3H,4H2;1H3;4*1H;;/q;;;;;;;;2*+2/p-4. The van der Waals surface area contributed by atoms with Crippen LogP contribution in [0, 0.1) is 0 Å². The second-order valence-corrected chi connectivity index (χ2v) is 29.5. The van der Waals surface area contributed by atoms with E-state index < -0.39 is 17.9 Å². The Balaban J connectivity index is 0.000000171. The van der Waals surface area contributed by atoms with Gasteiger partial charge in [-0.05, 0) is 44.5 Å². The van der Waals surface area contributed by atoms with Crippen molar-refractivity contribution in [2.45, 2.75) is 26.5 Å². The molecule has 0 amide bonds. The van der Waals surface area contributed by atoms with Crippen LogP contribution in [0.3, 0.4) is 0 Å². The van der Waals surface area contributed by atoms with Gasteiger partial charge in [-0.3, -0.25) is 0 Å². The molecule has 1 unspecified atom stereocenters. The Morgan fingerprint density at radius 2 is 0.957 bits per heavy atom. The third-order valence-electron chi connectivity index (χ3n) is 9.23. The zero-order chi connectivity index (χ0) is 31.0. The van der Waals surface area contributed by atoms with Gasteiger partial charge < -0.3 is 24.8 Å². The first-order valence-electron chi connectivity index (χ1n) is 15.5. The van der Waals surface area contributed by atoms with Crippen LogP contribution in [0.4, 0.5) is 0 Å². The summed E-state index contributed by atoms with van der Waals surface area (Å²) in [5, 5.41) is 0. The van der Waals surface area contributed by atoms with E-state index in [1.165, 1.54) is 58.9 Å². The van der Waals surface area contributed by atoms with Crippen molar-refractivity contribution in [1.29, 1.82) is 0 Å². The Labute approximate surface area is 318 Å². The van der Waals surface area contributed by atoms with E-state index in [4.69, 9.17) is 17.0 Å². The van der Waals surface area contributed by atoms with Crippen molar-refractivity contribution in [3.63, 3.8) is 0 Å². The molecule has 6 heteroatoms. The predicted octanol–water partition coefficient (Wildman–Crippen LogP) is 6.26. The molecule has 5 aromatic carbocycles. The van der Waals surface area contributed by atoms with Crippen LogP contribution in [0.1, 0.15) is 55.3 Å². The van der Waals surface area contributed by atoms with Crippen LogP contribution in [-0.4, -0.2) is 0 Å². The predicted molar refractivity (Wildman–Crippen MR) is 185 cm³/mol. The van der Waals surface area contributed by atoms with E-state index in [0.29, 0.717) is 15.5 Å². The van der Waals surface area contributed by atoms with E-state index in [2.05, 4.69) is 146 Å². The van der Waals surface area contributed by atoms with Crippen molar-refractivity contribution >= 4 is 23.1 Å². The molecule has 4 aliphatic carbocycles. The minimum absolute atomic E-state index is 0. The first kappa shape index (κ1) is 36.5. The summed E-state index contributed by atoms with van der Waals surface area (Å²) in [6.45, 7) is 0. The maximum absolute atomic E-state index is 6.01. The van der Waals surface area contributed by atoms with E-state index in [1.54, 1.807) is 24.7 Å². The molecular formula is C41H33Cl4Zr2. The Morgan fingerprint density at radius 3 is 1.30 bits per heavy atom. The van der Waals surface area contributed by atoms with Crippen LogP contribution in [0.25, 0.3) is 28.3 Å². The van der Waals surface area contributed by atoms with Crippen LogP contribution < -0.4 is 24.8 Å². The Morgan fingerprint density at radius 1 is 0.574 bits per heavy atom. The normalized spacial score (nSPS) is 16.1. The summed E-state index contributed by atoms with van der Waals surface area (Å²) in [5.74, 6) is 0.763. The smallest absolute Gasteiger partial charge is 0.0211 e. The van der Waals surface area contributed by atoms with Crippen LogP contribution >= 0.6 is 17.0 Å². The summed E-state index contributed by atoms with van der Waals surface area (Å²) in [4.78, 5) is 0. The molecule has 233 valence electrons. The van der Waals surface area contributed by atoms with Gasteiger partial charge in [0.2, 0.25) is 0 Å². The number of hydrogen-bond acceptors (Lipinski definition) is 0. The SMILES string of the molecule is [CH3][Zr]([Cl])([Cl])[C]1=CC=CC1.[Cl-].[Cl-].[Zr+2][CH]1C=Cc2ccccc21.c1ccc2c(c1)-c1ccccc1C2C1c2ccccc2-c2ccccc21. The molecule has 0 saturated heterocycles. The Kier molecular flexibility index (Phi) is 12.3. The van der Waals surface area contributed by atoms with E-state index in [9.17, 15) is 0 Å². The van der Waals surface area contributed by atoms with Gasteiger partial charge in [0.05, 0.1) is 0 Å². The van der Waals surface area contributed by atoms with Crippen molar-refractivity contribution in [3.8, 4) is 22.3 Å². The van der Waals surface area contributed by atoms with E-state index in [-0.39, 0.29) is 24.8 Å². The van der Waals surface area contributed by atoms with Gasteiger partial charge in [0, 0.05) is 11.8 Å². The molecule has 47 heavy (non-hydrogen) atoms. The van der Waals surface area contributed by atoms with Crippen molar-refractivity contribution in [3.05, 3.63) is 182 Å². The number of allylic oxidation sites excluding steroid dienone is 5. The maximum atomic E-state index is 6.01. The Bertz CT molecular complexity index is 1790.